The SMILES string of the molecule is COc1ccc(Cl)cc1S(=O)(=O)N(CC(=O)Nc1cccc(Cl)c1)Cc1ccccc1. The number of nitrogens with one attached hydrogen (secondary N) is 1. The highest BCUT2D eigenvalue weighted by Gasteiger charge is 2.30. The van der Waals surface area contributed by atoms with Crippen molar-refractivity contribution in [1.82, 2.24) is 4.31 Å². The van der Waals surface area contributed by atoms with E-state index in [-0.39, 0.29) is 22.2 Å². The molecule has 0 aromatic heterocycles. The number of amides is 1. The molecule has 162 valence electrons. The molecule has 0 aliphatic rings. The summed E-state index contributed by atoms with van der Waals surface area (Å²) in [6.45, 7) is -0.429. The molecule has 1 N–H and O–H groups in total. The third kappa shape index (κ3) is 5.98. The molecule has 9 heteroatoms. The highest BCUT2D eigenvalue weighted by atomic mass is 35.5. The molecule has 0 aliphatic carbocycles. The molecule has 0 saturated carbocycles. The number of carbonyl (C=O) groups is 1. The summed E-state index contributed by atoms with van der Waals surface area (Å²) in [5.41, 5.74) is 1.19. The summed E-state index contributed by atoms with van der Waals surface area (Å²) in [5.74, 6) is -0.375. The quantitative estimate of drug-likeness (QED) is 0.502. The summed E-state index contributed by atoms with van der Waals surface area (Å²) in [4.78, 5) is 12.6. The van der Waals surface area contributed by atoms with Crippen molar-refractivity contribution in [3.8, 4) is 5.75 Å². The molecule has 1 amide bonds. The second kappa shape index (κ2) is 10.2. The van der Waals surface area contributed by atoms with Crippen LogP contribution in [0.3, 0.4) is 0 Å². The molecule has 3 rings (SSSR count). The molecule has 0 saturated heterocycles. The Kier molecular flexibility index (Phi) is 7.56. The van der Waals surface area contributed by atoms with E-state index in [0.29, 0.717) is 10.7 Å². The first kappa shape index (κ1) is 23.1. The molecular weight excluding hydrogens is 459 g/mol. The van der Waals surface area contributed by atoms with Gasteiger partial charge in [0.2, 0.25) is 15.9 Å². The second-order valence-electron chi connectivity index (χ2n) is 6.61. The molecule has 0 unspecified atom stereocenters. The lowest BCUT2D eigenvalue weighted by Gasteiger charge is -2.23. The van der Waals surface area contributed by atoms with E-state index in [2.05, 4.69) is 5.32 Å². The summed E-state index contributed by atoms with van der Waals surface area (Å²) in [7, 11) is -2.75. The van der Waals surface area contributed by atoms with Crippen LogP contribution in [0.4, 0.5) is 5.69 Å². The van der Waals surface area contributed by atoms with Gasteiger partial charge in [0.25, 0.3) is 0 Å². The van der Waals surface area contributed by atoms with Crippen LogP contribution in [0, 0.1) is 0 Å². The van der Waals surface area contributed by atoms with Gasteiger partial charge >= 0.3 is 0 Å². The number of carbonyl (C=O) groups excluding carboxylic acids is 1. The van der Waals surface area contributed by atoms with Gasteiger partial charge in [-0.1, -0.05) is 59.6 Å². The van der Waals surface area contributed by atoms with Crippen molar-refractivity contribution in [2.75, 3.05) is 19.0 Å². The van der Waals surface area contributed by atoms with Crippen molar-refractivity contribution >= 4 is 44.8 Å². The number of benzene rings is 3. The topological polar surface area (TPSA) is 75.7 Å². The zero-order chi connectivity index (χ0) is 22.4. The number of methoxy groups -OCH3 is 1. The Bertz CT molecular complexity index is 1170. The van der Waals surface area contributed by atoms with Gasteiger partial charge in [0.1, 0.15) is 10.6 Å². The van der Waals surface area contributed by atoms with Crippen molar-refractivity contribution in [1.29, 1.82) is 0 Å². The van der Waals surface area contributed by atoms with Gasteiger partial charge in [-0.25, -0.2) is 8.42 Å². The maximum absolute atomic E-state index is 13.5. The fraction of sp³-hybridized carbons (Fsp3) is 0.136. The number of rotatable bonds is 8. The minimum atomic E-state index is -4.12. The van der Waals surface area contributed by atoms with E-state index in [9.17, 15) is 13.2 Å². The van der Waals surface area contributed by atoms with E-state index >= 15 is 0 Å². The van der Waals surface area contributed by atoms with Gasteiger partial charge in [-0.2, -0.15) is 4.31 Å². The van der Waals surface area contributed by atoms with Crippen molar-refractivity contribution in [2.45, 2.75) is 11.4 Å². The van der Waals surface area contributed by atoms with Crippen molar-refractivity contribution in [2.24, 2.45) is 0 Å². The standard InChI is InChI=1S/C22H20Cl2N2O4S/c1-30-20-11-10-18(24)13-21(20)31(28,29)26(14-16-6-3-2-4-7-16)15-22(27)25-19-9-5-8-17(23)12-19/h2-13H,14-15H2,1H3,(H,25,27). The van der Waals surface area contributed by atoms with Crippen LogP contribution in [-0.4, -0.2) is 32.3 Å². The van der Waals surface area contributed by atoms with E-state index < -0.39 is 22.5 Å². The lowest BCUT2D eigenvalue weighted by atomic mass is 10.2. The van der Waals surface area contributed by atoms with E-state index in [0.717, 1.165) is 9.87 Å². The van der Waals surface area contributed by atoms with Crippen LogP contribution < -0.4 is 10.1 Å². The van der Waals surface area contributed by atoms with Crippen molar-refractivity contribution < 1.29 is 17.9 Å². The monoisotopic (exact) mass is 478 g/mol. The minimum absolute atomic E-state index is 0.0121. The number of nitrogens with zero attached hydrogens (tertiary/aromatic N) is 1. The number of ether oxygens (including phenoxy) is 1. The number of hydrogen-bond acceptors (Lipinski definition) is 4. The highest BCUT2D eigenvalue weighted by molar-refractivity contribution is 7.89. The van der Waals surface area contributed by atoms with E-state index in [1.807, 2.05) is 6.07 Å². The number of anilines is 1. The first-order valence-corrected chi connectivity index (χ1v) is 11.4. The van der Waals surface area contributed by atoms with Crippen LogP contribution in [0.5, 0.6) is 5.75 Å². The van der Waals surface area contributed by atoms with Crippen LogP contribution in [-0.2, 0) is 21.4 Å². The van der Waals surface area contributed by atoms with E-state index in [4.69, 9.17) is 27.9 Å². The Morgan fingerprint density at radius 3 is 2.35 bits per heavy atom. The highest BCUT2D eigenvalue weighted by Crippen LogP contribution is 2.30. The molecule has 3 aromatic rings. The molecule has 6 nitrogen and oxygen atoms in total. The van der Waals surface area contributed by atoms with Crippen molar-refractivity contribution in [3.63, 3.8) is 0 Å². The number of sulfonamides is 1. The second-order valence-corrected chi connectivity index (χ2v) is 9.39. The Balaban J connectivity index is 1.94. The fourth-order valence-corrected chi connectivity index (χ4v) is 4.92. The molecule has 0 bridgehead atoms. The van der Waals surface area contributed by atoms with Gasteiger partial charge in [-0.05, 0) is 42.0 Å². The summed E-state index contributed by atoms with van der Waals surface area (Å²) in [6, 6.07) is 19.9. The van der Waals surface area contributed by atoms with Gasteiger partial charge in [-0.3, -0.25) is 4.79 Å². The van der Waals surface area contributed by atoms with Gasteiger partial charge in [0, 0.05) is 22.3 Å². The lowest BCUT2D eigenvalue weighted by Crippen LogP contribution is -2.37. The Hall–Kier alpha value is -2.58. The van der Waals surface area contributed by atoms with E-state index in [1.165, 1.54) is 25.3 Å². The molecule has 0 atom stereocenters. The van der Waals surface area contributed by atoms with Crippen LogP contribution in [0.15, 0.2) is 77.7 Å². The van der Waals surface area contributed by atoms with Crippen molar-refractivity contribution in [3.05, 3.63) is 88.4 Å². The number of halogens is 2. The smallest absolute Gasteiger partial charge is 0.247 e. The zero-order valence-electron chi connectivity index (χ0n) is 16.6. The molecule has 31 heavy (non-hydrogen) atoms. The summed E-state index contributed by atoms with van der Waals surface area (Å²) >= 11 is 12.0. The molecule has 3 aromatic carbocycles. The van der Waals surface area contributed by atoms with Crippen LogP contribution in [0.1, 0.15) is 5.56 Å². The number of hydrogen-bond donors (Lipinski definition) is 1. The van der Waals surface area contributed by atoms with Gasteiger partial charge < -0.3 is 10.1 Å². The normalized spacial score (nSPS) is 11.4. The third-order valence-corrected chi connectivity index (χ3v) is 6.66. The molecular formula is C22H20Cl2N2O4S. The predicted octanol–water partition coefficient (Wildman–Crippen LogP) is 4.83. The molecule has 0 aliphatic heterocycles. The van der Waals surface area contributed by atoms with Gasteiger partial charge in [0.05, 0.1) is 13.7 Å². The van der Waals surface area contributed by atoms with Gasteiger partial charge in [-0.15, -0.1) is 0 Å². The third-order valence-electron chi connectivity index (χ3n) is 4.37. The Morgan fingerprint density at radius 1 is 0.968 bits per heavy atom. The fourth-order valence-electron chi connectivity index (χ4n) is 2.93. The van der Waals surface area contributed by atoms with Crippen LogP contribution in [0.25, 0.3) is 0 Å². The maximum atomic E-state index is 13.5. The first-order chi connectivity index (χ1) is 14.8. The van der Waals surface area contributed by atoms with Crippen LogP contribution in [0.2, 0.25) is 10.0 Å². The summed E-state index contributed by atoms with van der Waals surface area (Å²) in [6.07, 6.45) is 0. The summed E-state index contributed by atoms with van der Waals surface area (Å²) in [5, 5.41) is 3.37. The summed E-state index contributed by atoms with van der Waals surface area (Å²) < 4.78 is 33.3. The molecule has 0 heterocycles. The molecule has 0 spiro atoms. The zero-order valence-corrected chi connectivity index (χ0v) is 18.9. The van der Waals surface area contributed by atoms with Crippen LogP contribution >= 0.6 is 23.2 Å². The molecule has 0 radical (unpaired) electrons. The first-order valence-electron chi connectivity index (χ1n) is 9.22. The molecule has 0 fully saturated rings. The minimum Gasteiger partial charge on any atom is -0.495 e. The maximum Gasteiger partial charge on any atom is 0.247 e. The average Bonchev–Trinajstić information content (AvgIpc) is 2.74. The predicted molar refractivity (Wildman–Crippen MR) is 122 cm³/mol. The van der Waals surface area contributed by atoms with E-state index in [1.54, 1.807) is 48.5 Å². The Morgan fingerprint density at radius 2 is 1.68 bits per heavy atom. The largest absolute Gasteiger partial charge is 0.495 e. The average molecular weight is 479 g/mol. The van der Waals surface area contributed by atoms with Gasteiger partial charge in [0.15, 0.2) is 0 Å². The Labute approximate surface area is 191 Å². The lowest BCUT2D eigenvalue weighted by molar-refractivity contribution is -0.116.